The molecule has 2 aromatic rings. The van der Waals surface area contributed by atoms with Crippen molar-refractivity contribution < 1.29 is 4.79 Å². The molecule has 0 radical (unpaired) electrons. The van der Waals surface area contributed by atoms with Gasteiger partial charge in [-0.15, -0.1) is 24.8 Å². The van der Waals surface area contributed by atoms with E-state index in [1.54, 1.807) is 0 Å². The Bertz CT molecular complexity index is 728. The van der Waals surface area contributed by atoms with Gasteiger partial charge >= 0.3 is 0 Å². The maximum Gasteiger partial charge on any atom is 0.239 e. The van der Waals surface area contributed by atoms with Crippen LogP contribution in [0.1, 0.15) is 37.4 Å². The lowest BCUT2D eigenvalue weighted by molar-refractivity contribution is -0.132. The molecule has 1 aliphatic rings. The SMILES string of the molecule is CCSC1CCCCN(C(=O)[C@@H](N)Cc2cn(Cc3ccccc3)cn2)C1.Cl.Cl. The normalized spacial score (nSPS) is 17.6. The summed E-state index contributed by atoms with van der Waals surface area (Å²) in [5.41, 5.74) is 8.37. The van der Waals surface area contributed by atoms with E-state index in [0.717, 1.165) is 37.5 Å². The second-order valence-electron chi connectivity index (χ2n) is 7.19. The topological polar surface area (TPSA) is 64.2 Å². The van der Waals surface area contributed by atoms with Gasteiger partial charge in [0.1, 0.15) is 0 Å². The van der Waals surface area contributed by atoms with E-state index in [2.05, 4.69) is 24.0 Å². The van der Waals surface area contributed by atoms with Gasteiger partial charge in [-0.3, -0.25) is 4.79 Å². The van der Waals surface area contributed by atoms with Crippen LogP contribution in [0.2, 0.25) is 0 Å². The third kappa shape index (κ3) is 7.85. The summed E-state index contributed by atoms with van der Waals surface area (Å²) in [4.78, 5) is 19.3. The van der Waals surface area contributed by atoms with Crippen LogP contribution in [-0.4, -0.2) is 50.5 Å². The highest BCUT2D eigenvalue weighted by Crippen LogP contribution is 2.22. The van der Waals surface area contributed by atoms with Gasteiger partial charge in [-0.1, -0.05) is 43.7 Å². The van der Waals surface area contributed by atoms with Crippen molar-refractivity contribution in [3.63, 3.8) is 0 Å². The second kappa shape index (κ2) is 13.2. The summed E-state index contributed by atoms with van der Waals surface area (Å²) in [5, 5.41) is 0.540. The predicted octanol–water partition coefficient (Wildman–Crippen LogP) is 3.78. The number of halogens is 2. The number of benzene rings is 1. The van der Waals surface area contributed by atoms with Crippen LogP contribution >= 0.6 is 36.6 Å². The average molecular weight is 459 g/mol. The summed E-state index contributed by atoms with van der Waals surface area (Å²) in [6.45, 7) is 4.61. The van der Waals surface area contributed by atoms with E-state index in [4.69, 9.17) is 5.73 Å². The van der Waals surface area contributed by atoms with Crippen LogP contribution in [-0.2, 0) is 17.8 Å². The first-order valence-electron chi connectivity index (χ1n) is 9.86. The molecule has 162 valence electrons. The van der Waals surface area contributed by atoms with Crippen molar-refractivity contribution >= 4 is 42.5 Å². The Kier molecular flexibility index (Phi) is 11.7. The summed E-state index contributed by atoms with van der Waals surface area (Å²) < 4.78 is 2.04. The average Bonchev–Trinajstić information content (AvgIpc) is 2.97. The lowest BCUT2D eigenvalue weighted by atomic mass is 10.1. The number of carbonyl (C=O) groups excluding carboxylic acids is 1. The number of hydrogen-bond donors (Lipinski definition) is 1. The number of carbonyl (C=O) groups is 1. The van der Waals surface area contributed by atoms with Crippen LogP contribution in [0.3, 0.4) is 0 Å². The van der Waals surface area contributed by atoms with Gasteiger partial charge in [0.2, 0.25) is 5.91 Å². The zero-order valence-corrected chi connectivity index (χ0v) is 19.4. The van der Waals surface area contributed by atoms with Crippen molar-refractivity contribution in [2.75, 3.05) is 18.8 Å². The molecule has 2 heterocycles. The zero-order chi connectivity index (χ0) is 19.1. The molecule has 5 nitrogen and oxygen atoms in total. The molecule has 0 bridgehead atoms. The lowest BCUT2D eigenvalue weighted by Gasteiger charge is -2.26. The third-order valence-corrected chi connectivity index (χ3v) is 6.17. The number of aromatic nitrogens is 2. The molecule has 29 heavy (non-hydrogen) atoms. The summed E-state index contributed by atoms with van der Waals surface area (Å²) in [7, 11) is 0. The quantitative estimate of drug-likeness (QED) is 0.685. The van der Waals surface area contributed by atoms with Crippen LogP contribution in [0.15, 0.2) is 42.9 Å². The van der Waals surface area contributed by atoms with Gasteiger partial charge in [-0.2, -0.15) is 11.8 Å². The van der Waals surface area contributed by atoms with Crippen LogP contribution < -0.4 is 5.73 Å². The Morgan fingerprint density at radius 2 is 2.03 bits per heavy atom. The van der Waals surface area contributed by atoms with Gasteiger partial charge < -0.3 is 15.2 Å². The fourth-order valence-electron chi connectivity index (χ4n) is 3.61. The Balaban J connectivity index is 0.00000210. The molecule has 1 fully saturated rings. The van der Waals surface area contributed by atoms with Crippen molar-refractivity contribution in [1.82, 2.24) is 14.5 Å². The van der Waals surface area contributed by atoms with E-state index in [0.29, 0.717) is 11.7 Å². The number of nitrogens with zero attached hydrogens (tertiary/aromatic N) is 3. The second-order valence-corrected chi connectivity index (χ2v) is 8.77. The molecule has 2 N–H and O–H groups in total. The molecule has 2 atom stereocenters. The summed E-state index contributed by atoms with van der Waals surface area (Å²) in [5.74, 6) is 1.16. The predicted molar refractivity (Wildman–Crippen MR) is 126 cm³/mol. The van der Waals surface area contributed by atoms with E-state index in [-0.39, 0.29) is 30.7 Å². The monoisotopic (exact) mass is 458 g/mol. The van der Waals surface area contributed by atoms with E-state index >= 15 is 0 Å². The largest absolute Gasteiger partial charge is 0.340 e. The molecule has 8 heteroatoms. The first kappa shape index (κ1) is 25.8. The molecule has 1 aromatic heterocycles. The molecule has 1 saturated heterocycles. The maximum atomic E-state index is 12.9. The third-order valence-electron chi connectivity index (χ3n) is 4.98. The van der Waals surface area contributed by atoms with Crippen LogP contribution in [0, 0.1) is 0 Å². The minimum Gasteiger partial charge on any atom is -0.340 e. The number of imidazole rings is 1. The molecular weight excluding hydrogens is 427 g/mol. The Morgan fingerprint density at radius 3 is 2.76 bits per heavy atom. The first-order valence-corrected chi connectivity index (χ1v) is 10.9. The van der Waals surface area contributed by atoms with Gasteiger partial charge in [-0.25, -0.2) is 4.98 Å². The highest BCUT2D eigenvalue weighted by molar-refractivity contribution is 7.99. The standard InChI is InChI=1S/C21H30N4OS.2ClH/c1-2-27-19-10-6-7-11-25(15-19)21(26)20(22)12-18-14-24(16-23-18)13-17-8-4-3-5-9-17;;/h3-5,8-9,14,16,19-20H,2,6-7,10-13,15,22H2,1H3;2*1H/t19?,20-;;/m0../s1. The number of nitrogens with two attached hydrogens (primary N) is 1. The molecular formula is C21H32Cl2N4OS. The van der Waals surface area contributed by atoms with E-state index in [1.165, 1.54) is 18.4 Å². The van der Waals surface area contributed by atoms with Crippen molar-refractivity contribution in [3.05, 3.63) is 54.1 Å². The molecule has 0 saturated carbocycles. The highest BCUT2D eigenvalue weighted by atomic mass is 35.5. The minimum atomic E-state index is -0.518. The summed E-state index contributed by atoms with van der Waals surface area (Å²) in [6, 6.07) is 9.76. The molecule has 1 aliphatic heterocycles. The van der Waals surface area contributed by atoms with Gasteiger partial charge in [0.25, 0.3) is 0 Å². The summed E-state index contributed by atoms with van der Waals surface area (Å²) in [6.07, 6.45) is 7.77. The smallest absolute Gasteiger partial charge is 0.239 e. The van der Waals surface area contributed by atoms with Gasteiger partial charge in [-0.05, 0) is 24.2 Å². The fraction of sp³-hybridized carbons (Fsp3) is 0.524. The minimum absolute atomic E-state index is 0. The maximum absolute atomic E-state index is 12.9. The zero-order valence-electron chi connectivity index (χ0n) is 16.9. The number of rotatable bonds is 7. The Labute approximate surface area is 190 Å². The van der Waals surface area contributed by atoms with Crippen molar-refractivity contribution in [3.8, 4) is 0 Å². The number of amides is 1. The number of likely N-dealkylation sites (tertiary alicyclic amines) is 1. The van der Waals surface area contributed by atoms with Crippen LogP contribution in [0.5, 0.6) is 0 Å². The van der Waals surface area contributed by atoms with E-state index < -0.39 is 6.04 Å². The van der Waals surface area contributed by atoms with E-state index in [9.17, 15) is 4.79 Å². The molecule has 1 amide bonds. The van der Waals surface area contributed by atoms with E-state index in [1.807, 2.05) is 52.0 Å². The molecule has 0 aliphatic carbocycles. The van der Waals surface area contributed by atoms with Gasteiger partial charge in [0.15, 0.2) is 0 Å². The summed E-state index contributed by atoms with van der Waals surface area (Å²) >= 11 is 1.96. The number of hydrogen-bond acceptors (Lipinski definition) is 4. The molecule has 0 spiro atoms. The molecule has 1 aromatic carbocycles. The van der Waals surface area contributed by atoms with Crippen molar-refractivity contribution in [1.29, 1.82) is 0 Å². The van der Waals surface area contributed by atoms with Crippen molar-refractivity contribution in [2.24, 2.45) is 5.73 Å². The van der Waals surface area contributed by atoms with Crippen LogP contribution in [0.4, 0.5) is 0 Å². The highest BCUT2D eigenvalue weighted by Gasteiger charge is 2.26. The molecule has 3 rings (SSSR count). The van der Waals surface area contributed by atoms with Gasteiger partial charge in [0.05, 0.1) is 18.1 Å². The Morgan fingerprint density at radius 1 is 1.28 bits per heavy atom. The van der Waals surface area contributed by atoms with Crippen molar-refractivity contribution in [2.45, 2.75) is 50.4 Å². The lowest BCUT2D eigenvalue weighted by Crippen LogP contribution is -2.46. The fourth-order valence-corrected chi connectivity index (χ4v) is 4.70. The van der Waals surface area contributed by atoms with Gasteiger partial charge in [0, 0.05) is 37.5 Å². The van der Waals surface area contributed by atoms with Crippen LogP contribution in [0.25, 0.3) is 0 Å². The number of thioether (sulfide) groups is 1. The molecule has 1 unspecified atom stereocenters. The first-order chi connectivity index (χ1) is 13.2. The Hall–Kier alpha value is -1.21.